The molecular formula is C52H32N4O. The first-order valence-corrected chi connectivity index (χ1v) is 19.3. The van der Waals surface area contributed by atoms with Crippen molar-refractivity contribution in [2.24, 2.45) is 0 Å². The molecule has 57 heavy (non-hydrogen) atoms. The number of nitrogens with zero attached hydrogens (tertiary/aromatic N) is 4. The van der Waals surface area contributed by atoms with Crippen LogP contribution < -0.4 is 0 Å². The first kappa shape index (κ1) is 31.6. The first-order chi connectivity index (χ1) is 28.3. The molecule has 266 valence electrons. The van der Waals surface area contributed by atoms with Gasteiger partial charge in [0.2, 0.25) is 5.71 Å². The van der Waals surface area contributed by atoms with Crippen LogP contribution in [0.15, 0.2) is 199 Å². The quantitative estimate of drug-likeness (QED) is 0.177. The number of para-hydroxylation sites is 4. The van der Waals surface area contributed by atoms with Gasteiger partial charge in [-0.3, -0.25) is 0 Å². The second-order valence-electron chi connectivity index (χ2n) is 14.6. The van der Waals surface area contributed by atoms with E-state index in [2.05, 4.69) is 155 Å². The maximum atomic E-state index is 6.38. The van der Waals surface area contributed by atoms with Crippen molar-refractivity contribution in [1.82, 2.24) is 19.1 Å². The average molecular weight is 729 g/mol. The SMILES string of the molecule is c1ccc(-c2nc(-c3cccc(-c4cccc5c4c4cc(-n6c7ccccc7c7ccccc76)ccc4n5-c4ccccc4)c3)c3c(n2)oc2ccccc23)cc1. The fourth-order valence-electron chi connectivity index (χ4n) is 8.88. The van der Waals surface area contributed by atoms with Gasteiger partial charge in [0.05, 0.1) is 33.1 Å². The number of rotatable bonds is 5. The van der Waals surface area contributed by atoms with Gasteiger partial charge in [0.15, 0.2) is 5.82 Å². The number of hydrogen-bond donors (Lipinski definition) is 0. The van der Waals surface area contributed by atoms with E-state index in [9.17, 15) is 0 Å². The van der Waals surface area contributed by atoms with Crippen LogP contribution in [0.1, 0.15) is 0 Å². The predicted molar refractivity (Wildman–Crippen MR) is 234 cm³/mol. The lowest BCUT2D eigenvalue weighted by molar-refractivity contribution is 0.653. The van der Waals surface area contributed by atoms with Crippen LogP contribution in [0, 0.1) is 0 Å². The van der Waals surface area contributed by atoms with E-state index in [-0.39, 0.29) is 0 Å². The van der Waals surface area contributed by atoms with E-state index in [4.69, 9.17) is 14.4 Å². The molecule has 0 atom stereocenters. The zero-order valence-corrected chi connectivity index (χ0v) is 30.7. The zero-order valence-electron chi connectivity index (χ0n) is 30.7. The van der Waals surface area contributed by atoms with Gasteiger partial charge in [0, 0.05) is 49.4 Å². The van der Waals surface area contributed by atoms with Crippen molar-refractivity contribution in [3.63, 3.8) is 0 Å². The van der Waals surface area contributed by atoms with E-state index in [0.717, 1.165) is 66.7 Å². The smallest absolute Gasteiger partial charge is 0.231 e. The first-order valence-electron chi connectivity index (χ1n) is 19.3. The second-order valence-corrected chi connectivity index (χ2v) is 14.6. The Hall–Kier alpha value is -7.76. The molecule has 0 unspecified atom stereocenters. The molecule has 5 nitrogen and oxygen atoms in total. The van der Waals surface area contributed by atoms with Gasteiger partial charge in [-0.05, 0) is 71.8 Å². The van der Waals surface area contributed by atoms with Crippen LogP contribution in [0.5, 0.6) is 0 Å². The molecule has 0 spiro atoms. The molecule has 0 aliphatic heterocycles. The predicted octanol–water partition coefficient (Wildman–Crippen LogP) is 13.6. The van der Waals surface area contributed by atoms with Crippen LogP contribution in [-0.2, 0) is 0 Å². The molecule has 5 heteroatoms. The van der Waals surface area contributed by atoms with Crippen LogP contribution in [0.3, 0.4) is 0 Å². The van der Waals surface area contributed by atoms with E-state index < -0.39 is 0 Å². The largest absolute Gasteiger partial charge is 0.438 e. The molecule has 0 radical (unpaired) electrons. The van der Waals surface area contributed by atoms with E-state index in [1.54, 1.807) is 0 Å². The van der Waals surface area contributed by atoms with Gasteiger partial charge >= 0.3 is 0 Å². The number of fused-ring (bicyclic) bond motifs is 9. The Kier molecular flexibility index (Phi) is 6.86. The third kappa shape index (κ3) is 4.82. The Labute approximate surface area is 327 Å². The van der Waals surface area contributed by atoms with Crippen molar-refractivity contribution in [2.75, 3.05) is 0 Å². The van der Waals surface area contributed by atoms with E-state index in [1.165, 1.54) is 32.6 Å². The lowest BCUT2D eigenvalue weighted by Gasteiger charge is -2.11. The molecule has 4 heterocycles. The minimum atomic E-state index is 0.580. The van der Waals surface area contributed by atoms with Crippen molar-refractivity contribution in [3.8, 4) is 45.1 Å². The van der Waals surface area contributed by atoms with Gasteiger partial charge in [-0.1, -0.05) is 133 Å². The monoisotopic (exact) mass is 728 g/mol. The van der Waals surface area contributed by atoms with Crippen molar-refractivity contribution in [1.29, 1.82) is 0 Å². The number of furan rings is 1. The summed E-state index contributed by atoms with van der Waals surface area (Å²) in [6, 6.07) is 68.7. The number of benzene rings is 8. The fourth-order valence-corrected chi connectivity index (χ4v) is 8.88. The van der Waals surface area contributed by atoms with Gasteiger partial charge in [-0.25, -0.2) is 4.98 Å². The third-order valence-electron chi connectivity index (χ3n) is 11.3. The summed E-state index contributed by atoms with van der Waals surface area (Å²) in [5.74, 6) is 0.633. The summed E-state index contributed by atoms with van der Waals surface area (Å²) < 4.78 is 11.2. The Balaban J connectivity index is 1.12. The minimum Gasteiger partial charge on any atom is -0.438 e. The standard InChI is InChI=1S/C52H32N4O/c1-3-15-33(16-4-1)51-53-50(49-41-23-9-12-28-47(41)57-52(49)54-51)35-18-13-17-34(31-35)38-24-14-27-46-48(38)42-32-37(29-30-45(42)55(46)36-19-5-2-6-20-36)56-43-25-10-7-21-39(43)40-22-8-11-26-44(40)56/h1-32H. The molecule has 0 saturated carbocycles. The molecule has 12 aromatic rings. The molecule has 0 fully saturated rings. The number of hydrogen-bond acceptors (Lipinski definition) is 3. The van der Waals surface area contributed by atoms with Gasteiger partial charge in [-0.2, -0.15) is 4.98 Å². The molecule has 4 aromatic heterocycles. The molecule has 12 rings (SSSR count). The van der Waals surface area contributed by atoms with Gasteiger partial charge in [0.25, 0.3) is 0 Å². The summed E-state index contributed by atoms with van der Waals surface area (Å²) in [6.45, 7) is 0. The van der Waals surface area contributed by atoms with Crippen molar-refractivity contribution in [3.05, 3.63) is 194 Å². The van der Waals surface area contributed by atoms with E-state index in [0.29, 0.717) is 11.5 Å². The van der Waals surface area contributed by atoms with E-state index in [1.807, 2.05) is 48.5 Å². The molecule has 0 amide bonds. The average Bonchev–Trinajstić information content (AvgIpc) is 3.94. The molecule has 0 aliphatic rings. The lowest BCUT2D eigenvalue weighted by atomic mass is 9.96. The topological polar surface area (TPSA) is 48.8 Å². The summed E-state index contributed by atoms with van der Waals surface area (Å²) in [4.78, 5) is 10.2. The molecule has 8 aromatic carbocycles. The van der Waals surface area contributed by atoms with Crippen LogP contribution >= 0.6 is 0 Å². The Morgan fingerprint density at radius 3 is 1.75 bits per heavy atom. The Bertz CT molecular complexity index is 3470. The highest BCUT2D eigenvalue weighted by atomic mass is 16.3. The Morgan fingerprint density at radius 2 is 0.965 bits per heavy atom. The summed E-state index contributed by atoms with van der Waals surface area (Å²) in [5, 5.41) is 6.79. The highest BCUT2D eigenvalue weighted by Gasteiger charge is 2.21. The maximum absolute atomic E-state index is 6.38. The molecular weight excluding hydrogens is 697 g/mol. The molecule has 0 saturated heterocycles. The summed E-state index contributed by atoms with van der Waals surface area (Å²) in [7, 11) is 0. The zero-order chi connectivity index (χ0) is 37.5. The summed E-state index contributed by atoms with van der Waals surface area (Å²) in [5.41, 5.74) is 13.3. The molecule has 0 aliphatic carbocycles. The second kappa shape index (κ2) is 12.4. The van der Waals surface area contributed by atoms with E-state index >= 15 is 0 Å². The molecule has 0 bridgehead atoms. The fraction of sp³-hybridized carbons (Fsp3) is 0. The van der Waals surface area contributed by atoms with Crippen LogP contribution in [0.4, 0.5) is 0 Å². The minimum absolute atomic E-state index is 0.580. The van der Waals surface area contributed by atoms with Crippen molar-refractivity contribution < 1.29 is 4.42 Å². The number of aromatic nitrogens is 4. The summed E-state index contributed by atoms with van der Waals surface area (Å²) >= 11 is 0. The Morgan fingerprint density at radius 1 is 0.368 bits per heavy atom. The maximum Gasteiger partial charge on any atom is 0.231 e. The summed E-state index contributed by atoms with van der Waals surface area (Å²) in [6.07, 6.45) is 0. The van der Waals surface area contributed by atoms with Crippen LogP contribution in [-0.4, -0.2) is 19.1 Å². The van der Waals surface area contributed by atoms with Gasteiger partial charge < -0.3 is 13.6 Å². The lowest BCUT2D eigenvalue weighted by Crippen LogP contribution is -1.95. The van der Waals surface area contributed by atoms with Crippen LogP contribution in [0.2, 0.25) is 0 Å². The van der Waals surface area contributed by atoms with Gasteiger partial charge in [0.1, 0.15) is 5.58 Å². The van der Waals surface area contributed by atoms with Crippen molar-refractivity contribution >= 4 is 65.7 Å². The van der Waals surface area contributed by atoms with Crippen LogP contribution in [0.25, 0.3) is 111 Å². The van der Waals surface area contributed by atoms with Gasteiger partial charge in [-0.15, -0.1) is 0 Å². The highest BCUT2D eigenvalue weighted by Crippen LogP contribution is 2.43. The normalized spacial score (nSPS) is 11.9. The molecule has 0 N–H and O–H groups in total. The van der Waals surface area contributed by atoms with Crippen molar-refractivity contribution in [2.45, 2.75) is 0 Å². The third-order valence-corrected chi connectivity index (χ3v) is 11.3. The highest BCUT2D eigenvalue weighted by molar-refractivity contribution is 6.17.